The van der Waals surface area contributed by atoms with Gasteiger partial charge in [-0.1, -0.05) is 44.9 Å². The first-order chi connectivity index (χ1) is 11.7. The Kier molecular flexibility index (Phi) is 6.81. The van der Waals surface area contributed by atoms with E-state index in [0.29, 0.717) is 6.54 Å². The maximum absolute atomic E-state index is 12.0. The number of carbonyl (C=O) groups excluding carboxylic acids is 1. The van der Waals surface area contributed by atoms with E-state index in [1.54, 1.807) is 12.5 Å². The smallest absolute Gasteiger partial charge is 0.315 e. The Balaban J connectivity index is 1.87. The molecule has 0 aliphatic heterocycles. The molecule has 1 unspecified atom stereocenters. The van der Waals surface area contributed by atoms with Gasteiger partial charge in [-0.3, -0.25) is 0 Å². The van der Waals surface area contributed by atoms with Gasteiger partial charge in [0.15, 0.2) is 0 Å². The van der Waals surface area contributed by atoms with Crippen molar-refractivity contribution >= 4 is 6.03 Å². The van der Waals surface area contributed by atoms with Crippen LogP contribution in [0.5, 0.6) is 0 Å². The monoisotopic (exact) mass is 330 g/mol. The first kappa shape index (κ1) is 18.0. The molecule has 0 spiro atoms. The zero-order valence-corrected chi connectivity index (χ0v) is 14.3. The second-order valence-corrected chi connectivity index (χ2v) is 5.81. The maximum atomic E-state index is 12.0. The van der Waals surface area contributed by atoms with E-state index in [-0.39, 0.29) is 18.5 Å². The van der Waals surface area contributed by atoms with E-state index in [1.165, 1.54) is 0 Å². The number of benzene rings is 1. The Morgan fingerprint density at radius 1 is 1.25 bits per heavy atom. The van der Waals surface area contributed by atoms with E-state index >= 15 is 0 Å². The van der Waals surface area contributed by atoms with Crippen molar-refractivity contribution in [2.75, 3.05) is 6.54 Å². The van der Waals surface area contributed by atoms with Crippen molar-refractivity contribution in [1.29, 1.82) is 0 Å². The molecule has 2 amide bonds. The second-order valence-electron chi connectivity index (χ2n) is 5.81. The lowest BCUT2D eigenvalue weighted by Crippen LogP contribution is -2.41. The number of rotatable bonds is 8. The summed E-state index contributed by atoms with van der Waals surface area (Å²) in [7, 11) is 0. The SMILES string of the molecule is CCC(CC)C(O)CNC(=O)NCc1ccccc1-n1ccnc1. The predicted octanol–water partition coefficient (Wildman–Crippen LogP) is 2.47. The molecule has 0 bridgehead atoms. The van der Waals surface area contributed by atoms with Gasteiger partial charge >= 0.3 is 6.03 Å². The standard InChI is InChI=1S/C18H26N4O2/c1-3-14(4-2)17(23)12-21-18(24)20-11-15-7-5-6-8-16(15)22-10-9-19-13-22/h5-10,13-14,17,23H,3-4,11-12H2,1-2H3,(H2,20,21,24). The van der Waals surface area contributed by atoms with Crippen molar-refractivity contribution in [2.45, 2.75) is 39.3 Å². The molecule has 0 saturated carbocycles. The topological polar surface area (TPSA) is 79.2 Å². The third-order valence-corrected chi connectivity index (χ3v) is 4.28. The number of hydrogen-bond acceptors (Lipinski definition) is 3. The molecule has 1 heterocycles. The summed E-state index contributed by atoms with van der Waals surface area (Å²) in [6.45, 7) is 4.76. The van der Waals surface area contributed by atoms with Crippen LogP contribution in [-0.4, -0.2) is 33.3 Å². The number of aliphatic hydroxyl groups excluding tert-OH is 1. The zero-order chi connectivity index (χ0) is 17.4. The number of urea groups is 1. The summed E-state index contributed by atoms with van der Waals surface area (Å²) < 4.78 is 1.91. The number of nitrogens with zero attached hydrogens (tertiary/aromatic N) is 2. The molecule has 1 aromatic carbocycles. The summed E-state index contributed by atoms with van der Waals surface area (Å²) >= 11 is 0. The highest BCUT2D eigenvalue weighted by Gasteiger charge is 2.16. The molecule has 130 valence electrons. The largest absolute Gasteiger partial charge is 0.391 e. The van der Waals surface area contributed by atoms with Gasteiger partial charge in [-0.25, -0.2) is 9.78 Å². The van der Waals surface area contributed by atoms with Crippen LogP contribution >= 0.6 is 0 Å². The van der Waals surface area contributed by atoms with E-state index in [2.05, 4.69) is 15.6 Å². The van der Waals surface area contributed by atoms with E-state index in [4.69, 9.17) is 0 Å². The molecule has 0 fully saturated rings. The summed E-state index contributed by atoms with van der Waals surface area (Å²) in [6, 6.07) is 7.56. The van der Waals surface area contributed by atoms with Crippen molar-refractivity contribution in [3.63, 3.8) is 0 Å². The molecule has 3 N–H and O–H groups in total. The molecular weight excluding hydrogens is 304 g/mol. The van der Waals surface area contributed by atoms with Crippen LogP contribution in [0.4, 0.5) is 4.79 Å². The lowest BCUT2D eigenvalue weighted by atomic mass is 9.97. The number of carbonyl (C=O) groups is 1. The van der Waals surface area contributed by atoms with E-state index in [9.17, 15) is 9.90 Å². The quantitative estimate of drug-likeness (QED) is 0.696. The summed E-state index contributed by atoms with van der Waals surface area (Å²) in [4.78, 5) is 16.0. The highest BCUT2D eigenvalue weighted by atomic mass is 16.3. The van der Waals surface area contributed by atoms with Gasteiger partial charge in [0.05, 0.1) is 18.1 Å². The average Bonchev–Trinajstić information content (AvgIpc) is 3.14. The van der Waals surface area contributed by atoms with Crippen LogP contribution in [0.25, 0.3) is 5.69 Å². The van der Waals surface area contributed by atoms with Gasteiger partial charge in [0, 0.05) is 25.5 Å². The highest BCUT2D eigenvalue weighted by molar-refractivity contribution is 5.74. The van der Waals surface area contributed by atoms with Crippen LogP contribution in [0, 0.1) is 5.92 Å². The van der Waals surface area contributed by atoms with Crippen LogP contribution in [0.3, 0.4) is 0 Å². The van der Waals surface area contributed by atoms with Crippen molar-refractivity contribution in [3.8, 4) is 5.69 Å². The number of imidazole rings is 1. The molecule has 2 rings (SSSR count). The van der Waals surface area contributed by atoms with Crippen LogP contribution in [0.2, 0.25) is 0 Å². The molecular formula is C18H26N4O2. The summed E-state index contributed by atoms with van der Waals surface area (Å²) in [5.74, 6) is 0.215. The molecule has 0 aliphatic rings. The van der Waals surface area contributed by atoms with Gasteiger partial charge in [0.1, 0.15) is 0 Å². The molecule has 2 aromatic rings. The van der Waals surface area contributed by atoms with Gasteiger partial charge in [0.25, 0.3) is 0 Å². The van der Waals surface area contributed by atoms with Crippen molar-refractivity contribution in [3.05, 3.63) is 48.5 Å². The molecule has 0 aliphatic carbocycles. The number of nitrogens with one attached hydrogen (secondary N) is 2. The van der Waals surface area contributed by atoms with Crippen molar-refractivity contribution < 1.29 is 9.90 Å². The Morgan fingerprint density at radius 3 is 2.67 bits per heavy atom. The molecule has 0 saturated heterocycles. The number of aromatic nitrogens is 2. The molecule has 6 heteroatoms. The second kappa shape index (κ2) is 9.08. The van der Waals surface area contributed by atoms with Crippen molar-refractivity contribution in [1.82, 2.24) is 20.2 Å². The van der Waals surface area contributed by atoms with E-state index in [0.717, 1.165) is 24.1 Å². The highest BCUT2D eigenvalue weighted by Crippen LogP contribution is 2.14. The summed E-state index contributed by atoms with van der Waals surface area (Å²) in [5, 5.41) is 15.6. The summed E-state index contributed by atoms with van der Waals surface area (Å²) in [6.07, 6.45) is 6.61. The Bertz CT molecular complexity index is 624. The zero-order valence-electron chi connectivity index (χ0n) is 14.3. The van der Waals surface area contributed by atoms with Gasteiger partial charge in [-0.15, -0.1) is 0 Å². The molecule has 1 atom stereocenters. The van der Waals surface area contributed by atoms with Gasteiger partial charge in [-0.05, 0) is 17.5 Å². The van der Waals surface area contributed by atoms with Crippen molar-refractivity contribution in [2.24, 2.45) is 5.92 Å². The lowest BCUT2D eigenvalue weighted by molar-refractivity contribution is 0.103. The number of para-hydroxylation sites is 1. The van der Waals surface area contributed by atoms with E-state index in [1.807, 2.05) is 48.9 Å². The molecule has 1 aromatic heterocycles. The van der Waals surface area contributed by atoms with Crippen LogP contribution in [0.1, 0.15) is 32.3 Å². The number of amides is 2. The summed E-state index contributed by atoms with van der Waals surface area (Å²) in [5.41, 5.74) is 1.97. The van der Waals surface area contributed by atoms with Gasteiger partial charge in [-0.2, -0.15) is 0 Å². The van der Waals surface area contributed by atoms with Crippen LogP contribution < -0.4 is 10.6 Å². The minimum absolute atomic E-state index is 0.215. The minimum Gasteiger partial charge on any atom is -0.391 e. The maximum Gasteiger partial charge on any atom is 0.315 e. The fourth-order valence-electron chi connectivity index (χ4n) is 2.75. The fourth-order valence-corrected chi connectivity index (χ4v) is 2.75. The van der Waals surface area contributed by atoms with Gasteiger partial charge < -0.3 is 20.3 Å². The first-order valence-corrected chi connectivity index (χ1v) is 8.41. The Morgan fingerprint density at radius 2 is 2.00 bits per heavy atom. The third-order valence-electron chi connectivity index (χ3n) is 4.28. The normalized spacial score (nSPS) is 12.2. The lowest BCUT2D eigenvalue weighted by Gasteiger charge is -2.20. The van der Waals surface area contributed by atoms with E-state index < -0.39 is 6.10 Å². The van der Waals surface area contributed by atoms with Crippen LogP contribution in [0.15, 0.2) is 43.0 Å². The Hall–Kier alpha value is -2.34. The molecule has 0 radical (unpaired) electrons. The molecule has 24 heavy (non-hydrogen) atoms. The average molecular weight is 330 g/mol. The predicted molar refractivity (Wildman–Crippen MR) is 93.9 cm³/mol. The Labute approximate surface area is 142 Å². The first-order valence-electron chi connectivity index (χ1n) is 8.41. The third kappa shape index (κ3) is 4.83. The minimum atomic E-state index is -0.510. The fraction of sp³-hybridized carbons (Fsp3) is 0.444. The molecule has 6 nitrogen and oxygen atoms in total. The number of hydrogen-bond donors (Lipinski definition) is 3. The number of aliphatic hydroxyl groups is 1. The van der Waals surface area contributed by atoms with Gasteiger partial charge in [0.2, 0.25) is 0 Å². The van der Waals surface area contributed by atoms with Crippen LogP contribution in [-0.2, 0) is 6.54 Å².